The van der Waals surface area contributed by atoms with Crippen LogP contribution in [0.2, 0.25) is 0 Å². The van der Waals surface area contributed by atoms with E-state index in [0.29, 0.717) is 12.0 Å². The van der Waals surface area contributed by atoms with Crippen molar-refractivity contribution in [3.8, 4) is 0 Å². The highest BCUT2D eigenvalue weighted by Crippen LogP contribution is 2.30. The second-order valence-corrected chi connectivity index (χ2v) is 5.79. The second-order valence-electron chi connectivity index (χ2n) is 4.91. The minimum Gasteiger partial charge on any atom is -0.442 e. The number of amides is 1. The summed E-state index contributed by atoms with van der Waals surface area (Å²) in [5.41, 5.74) is 0. The number of carbonyl (C=O) groups is 1. The van der Waals surface area contributed by atoms with Crippen LogP contribution in [-0.2, 0) is 4.74 Å². The lowest BCUT2D eigenvalue weighted by atomic mass is 9.81. The molecular formula is C13H20INO2. The van der Waals surface area contributed by atoms with Gasteiger partial charge >= 0.3 is 6.09 Å². The van der Waals surface area contributed by atoms with Crippen molar-refractivity contribution < 1.29 is 9.53 Å². The maximum atomic E-state index is 11.5. The number of nitrogens with one attached hydrogen (secondary N) is 1. The molecule has 0 bridgehead atoms. The Morgan fingerprint density at radius 2 is 2.12 bits per heavy atom. The normalized spacial score (nSPS) is 31.2. The maximum absolute atomic E-state index is 11.5. The van der Waals surface area contributed by atoms with Crippen molar-refractivity contribution in [2.24, 2.45) is 5.92 Å². The number of ether oxygens (including phenoxy) is 1. The fourth-order valence-corrected chi connectivity index (χ4v) is 3.14. The second kappa shape index (κ2) is 6.61. The first-order chi connectivity index (χ1) is 8.29. The van der Waals surface area contributed by atoms with Gasteiger partial charge in [-0.25, -0.2) is 4.79 Å². The average molecular weight is 349 g/mol. The maximum Gasteiger partial charge on any atom is 0.407 e. The molecule has 0 aromatic rings. The summed E-state index contributed by atoms with van der Waals surface area (Å²) in [6, 6.07) is 0.320. The highest BCUT2D eigenvalue weighted by Gasteiger charge is 2.32. The third-order valence-electron chi connectivity index (χ3n) is 3.71. The molecule has 0 radical (unpaired) electrons. The van der Waals surface area contributed by atoms with Gasteiger partial charge in [-0.15, -0.1) is 0 Å². The zero-order valence-corrected chi connectivity index (χ0v) is 12.2. The van der Waals surface area contributed by atoms with Crippen molar-refractivity contribution in [1.29, 1.82) is 0 Å². The Kier molecular flexibility index (Phi) is 5.13. The third-order valence-corrected chi connectivity index (χ3v) is 4.22. The zero-order valence-electron chi connectivity index (χ0n) is 10.0. The molecule has 1 N–H and O–H groups in total. The van der Waals surface area contributed by atoms with Gasteiger partial charge in [-0.05, 0) is 24.8 Å². The summed E-state index contributed by atoms with van der Waals surface area (Å²) >= 11 is 2.29. The van der Waals surface area contributed by atoms with Gasteiger partial charge in [-0.1, -0.05) is 47.9 Å². The first-order valence-corrected chi connectivity index (χ1v) is 8.02. The molecule has 3 nitrogen and oxygen atoms in total. The molecule has 2 fully saturated rings. The van der Waals surface area contributed by atoms with Crippen molar-refractivity contribution in [3.05, 3.63) is 12.2 Å². The van der Waals surface area contributed by atoms with E-state index in [9.17, 15) is 4.79 Å². The van der Waals surface area contributed by atoms with Crippen molar-refractivity contribution in [2.75, 3.05) is 4.43 Å². The zero-order chi connectivity index (χ0) is 12.1. The van der Waals surface area contributed by atoms with E-state index in [1.54, 1.807) is 0 Å². The number of allylic oxidation sites excluding steroid dienone is 1. The van der Waals surface area contributed by atoms with E-state index in [4.69, 9.17) is 4.74 Å². The van der Waals surface area contributed by atoms with E-state index < -0.39 is 0 Å². The standard InChI is InChI=1S/C13H20INO2/c14-8-4-7-11-9-12(15-13(16)17-11)10-5-2-1-3-6-10/h4,7,10-12H,1-3,5-6,8-9H2,(H,15,16)/b7-4+/t11-,12-/m1/s1. The summed E-state index contributed by atoms with van der Waals surface area (Å²) in [4.78, 5) is 11.5. The van der Waals surface area contributed by atoms with Crippen LogP contribution in [0.15, 0.2) is 12.2 Å². The molecule has 2 atom stereocenters. The number of hydrogen-bond acceptors (Lipinski definition) is 2. The van der Waals surface area contributed by atoms with E-state index >= 15 is 0 Å². The van der Waals surface area contributed by atoms with Crippen LogP contribution in [-0.4, -0.2) is 22.7 Å². The SMILES string of the molecule is O=C1N[C@@H](C2CCCCC2)C[C@@H](/C=C/CI)O1. The van der Waals surface area contributed by atoms with Gasteiger partial charge in [0.1, 0.15) is 6.10 Å². The monoisotopic (exact) mass is 349 g/mol. The molecule has 4 heteroatoms. The molecule has 96 valence electrons. The van der Waals surface area contributed by atoms with Gasteiger partial charge in [0.15, 0.2) is 0 Å². The highest BCUT2D eigenvalue weighted by atomic mass is 127. The van der Waals surface area contributed by atoms with E-state index in [1.165, 1.54) is 32.1 Å². The van der Waals surface area contributed by atoms with Crippen LogP contribution in [0.25, 0.3) is 0 Å². The summed E-state index contributed by atoms with van der Waals surface area (Å²) in [6.45, 7) is 0. The van der Waals surface area contributed by atoms with Crippen LogP contribution in [0.5, 0.6) is 0 Å². The molecule has 0 spiro atoms. The average Bonchev–Trinajstić information content (AvgIpc) is 2.37. The smallest absolute Gasteiger partial charge is 0.407 e. The van der Waals surface area contributed by atoms with E-state index in [1.807, 2.05) is 6.08 Å². The first-order valence-electron chi connectivity index (χ1n) is 6.49. The molecule has 0 aromatic carbocycles. The van der Waals surface area contributed by atoms with Gasteiger partial charge in [0.2, 0.25) is 0 Å². The van der Waals surface area contributed by atoms with Gasteiger partial charge in [-0.2, -0.15) is 0 Å². The summed E-state index contributed by atoms with van der Waals surface area (Å²) < 4.78 is 6.23. The van der Waals surface area contributed by atoms with Crippen molar-refractivity contribution >= 4 is 28.7 Å². The number of halogens is 1. The van der Waals surface area contributed by atoms with Crippen molar-refractivity contribution in [2.45, 2.75) is 50.7 Å². The van der Waals surface area contributed by atoms with E-state index in [0.717, 1.165) is 10.8 Å². The molecule has 0 unspecified atom stereocenters. The molecule has 1 aliphatic heterocycles. The molecule has 2 aliphatic rings. The Balaban J connectivity index is 1.92. The number of rotatable bonds is 3. The van der Waals surface area contributed by atoms with Crippen LogP contribution in [0.4, 0.5) is 4.79 Å². The summed E-state index contributed by atoms with van der Waals surface area (Å²) in [5.74, 6) is 0.659. The van der Waals surface area contributed by atoms with Crippen LogP contribution in [0.1, 0.15) is 38.5 Å². The lowest BCUT2D eigenvalue weighted by molar-refractivity contribution is 0.0660. The summed E-state index contributed by atoms with van der Waals surface area (Å²) in [5, 5.41) is 3.00. The number of hydrogen-bond donors (Lipinski definition) is 1. The van der Waals surface area contributed by atoms with Gasteiger partial charge in [-0.3, -0.25) is 0 Å². The lowest BCUT2D eigenvalue weighted by Crippen LogP contribution is -2.49. The quantitative estimate of drug-likeness (QED) is 0.482. The lowest BCUT2D eigenvalue weighted by Gasteiger charge is -2.35. The van der Waals surface area contributed by atoms with Gasteiger partial charge in [0, 0.05) is 16.9 Å². The number of alkyl halides is 1. The third kappa shape index (κ3) is 3.86. The Morgan fingerprint density at radius 1 is 1.35 bits per heavy atom. The molecular weight excluding hydrogens is 329 g/mol. The predicted molar refractivity (Wildman–Crippen MR) is 76.4 cm³/mol. The number of alkyl carbamates (subject to hydrolysis) is 1. The van der Waals surface area contributed by atoms with Crippen LogP contribution in [0.3, 0.4) is 0 Å². The van der Waals surface area contributed by atoms with Gasteiger partial charge < -0.3 is 10.1 Å². The fraction of sp³-hybridized carbons (Fsp3) is 0.769. The van der Waals surface area contributed by atoms with Gasteiger partial charge in [0.25, 0.3) is 0 Å². The summed E-state index contributed by atoms with van der Waals surface area (Å²) in [6.07, 6.45) is 11.3. The molecule has 1 saturated heterocycles. The van der Waals surface area contributed by atoms with Gasteiger partial charge in [0.05, 0.1) is 0 Å². The Hall–Kier alpha value is -0.260. The topological polar surface area (TPSA) is 38.3 Å². The Bertz CT molecular complexity index is 287. The molecule has 1 amide bonds. The van der Waals surface area contributed by atoms with Crippen LogP contribution in [0, 0.1) is 5.92 Å². The van der Waals surface area contributed by atoms with Crippen molar-refractivity contribution in [3.63, 3.8) is 0 Å². The molecule has 0 aromatic heterocycles. The first kappa shape index (κ1) is 13.2. The largest absolute Gasteiger partial charge is 0.442 e. The minimum atomic E-state index is -0.241. The predicted octanol–water partition coefficient (Wildman–Crippen LogP) is 3.43. The van der Waals surface area contributed by atoms with Crippen molar-refractivity contribution in [1.82, 2.24) is 5.32 Å². The Morgan fingerprint density at radius 3 is 2.82 bits per heavy atom. The molecule has 2 rings (SSSR count). The van der Waals surface area contributed by atoms with E-state index in [2.05, 4.69) is 34.0 Å². The molecule has 1 saturated carbocycles. The Labute approximate surface area is 117 Å². The van der Waals surface area contributed by atoms with E-state index in [-0.39, 0.29) is 12.2 Å². The number of carbonyl (C=O) groups excluding carboxylic acids is 1. The van der Waals surface area contributed by atoms with Crippen LogP contribution >= 0.6 is 22.6 Å². The minimum absolute atomic E-state index is 0.0227. The summed E-state index contributed by atoms with van der Waals surface area (Å²) in [7, 11) is 0. The molecule has 1 aliphatic carbocycles. The highest BCUT2D eigenvalue weighted by molar-refractivity contribution is 14.1. The number of cyclic esters (lactones) is 1. The molecule has 17 heavy (non-hydrogen) atoms. The fourth-order valence-electron chi connectivity index (χ4n) is 2.85. The molecule has 1 heterocycles. The van der Waals surface area contributed by atoms with Crippen LogP contribution < -0.4 is 5.32 Å².